The molecule has 22 heavy (non-hydrogen) atoms. The van der Waals surface area contributed by atoms with Crippen molar-refractivity contribution in [2.24, 2.45) is 0 Å². The Morgan fingerprint density at radius 2 is 1.91 bits per heavy atom. The first-order chi connectivity index (χ1) is 10.5. The number of nitrogens with zero attached hydrogens (tertiary/aromatic N) is 3. The number of nitro benzene ring substituents is 1. The number of thiazole rings is 1. The number of thiophene rings is 1. The first-order valence-corrected chi connectivity index (χ1v) is 7.68. The molecule has 0 spiro atoms. The molecule has 2 aromatic heterocycles. The van der Waals surface area contributed by atoms with Crippen molar-refractivity contribution in [2.45, 2.75) is 0 Å². The first kappa shape index (κ1) is 14.3. The van der Waals surface area contributed by atoms with Gasteiger partial charge in [-0.25, -0.2) is 4.98 Å². The highest BCUT2D eigenvalue weighted by Gasteiger charge is 2.10. The van der Waals surface area contributed by atoms with Crippen LogP contribution in [-0.2, 0) is 0 Å². The van der Waals surface area contributed by atoms with E-state index in [0.29, 0.717) is 10.5 Å². The third-order valence-electron chi connectivity index (χ3n) is 2.80. The molecule has 0 aliphatic rings. The van der Waals surface area contributed by atoms with Crippen molar-refractivity contribution in [3.63, 3.8) is 0 Å². The Balaban J connectivity index is 1.88. The summed E-state index contributed by atoms with van der Waals surface area (Å²) in [6.45, 7) is 0. The minimum atomic E-state index is -0.460. The van der Waals surface area contributed by atoms with Gasteiger partial charge in [0.1, 0.15) is 5.01 Å². The Hall–Kier alpha value is -2.65. The quantitative estimate of drug-likeness (QED) is 0.522. The van der Waals surface area contributed by atoms with Gasteiger partial charge in [0.15, 0.2) is 0 Å². The van der Waals surface area contributed by atoms with Crippen molar-refractivity contribution in [1.82, 2.24) is 4.98 Å². The van der Waals surface area contributed by atoms with Crippen LogP contribution in [-0.4, -0.2) is 14.8 Å². The number of nitro groups is 2. The Bertz CT molecular complexity index is 913. The lowest BCUT2D eigenvalue weighted by atomic mass is 10.3. The highest BCUT2D eigenvalue weighted by molar-refractivity contribution is 7.19. The van der Waals surface area contributed by atoms with E-state index < -0.39 is 9.85 Å². The van der Waals surface area contributed by atoms with Crippen molar-refractivity contribution in [1.29, 1.82) is 0 Å². The molecular weight excluding hydrogens is 326 g/mol. The summed E-state index contributed by atoms with van der Waals surface area (Å²) >= 11 is 2.46. The van der Waals surface area contributed by atoms with Gasteiger partial charge < -0.3 is 0 Å². The largest absolute Gasteiger partial charge is 0.324 e. The molecule has 0 fully saturated rings. The van der Waals surface area contributed by atoms with E-state index >= 15 is 0 Å². The molecule has 0 N–H and O–H groups in total. The molecule has 3 rings (SSSR count). The zero-order valence-electron chi connectivity index (χ0n) is 10.8. The second-order valence-corrected chi connectivity index (χ2v) is 6.22. The second-order valence-electron chi connectivity index (χ2n) is 4.27. The lowest BCUT2D eigenvalue weighted by Gasteiger charge is -1.89. The summed E-state index contributed by atoms with van der Waals surface area (Å²) in [6.07, 6.45) is 3.47. The Morgan fingerprint density at radius 1 is 1.09 bits per heavy atom. The van der Waals surface area contributed by atoms with Crippen LogP contribution < -0.4 is 0 Å². The van der Waals surface area contributed by atoms with Gasteiger partial charge in [0.25, 0.3) is 5.69 Å². The highest BCUT2D eigenvalue weighted by Crippen LogP contribution is 2.28. The standard InChI is InChI=1S/C13H7N3O4S2/c17-15(18)9-2-3-11-10(6-9)14-12(22-11)4-1-8-5-13(16(19)20)21-7-8/h1-7H/b4-1+. The lowest BCUT2D eigenvalue weighted by Crippen LogP contribution is -1.86. The van der Waals surface area contributed by atoms with E-state index in [-0.39, 0.29) is 10.7 Å². The zero-order valence-corrected chi connectivity index (χ0v) is 12.5. The van der Waals surface area contributed by atoms with E-state index in [1.165, 1.54) is 29.5 Å². The van der Waals surface area contributed by atoms with E-state index in [1.54, 1.807) is 23.6 Å². The first-order valence-electron chi connectivity index (χ1n) is 5.99. The molecule has 9 heteroatoms. The maximum Gasteiger partial charge on any atom is 0.324 e. The Labute approximate surface area is 131 Å². The van der Waals surface area contributed by atoms with E-state index in [1.807, 2.05) is 0 Å². The van der Waals surface area contributed by atoms with Crippen LogP contribution in [0.1, 0.15) is 10.6 Å². The van der Waals surface area contributed by atoms with Crippen LogP contribution in [0.5, 0.6) is 0 Å². The minimum absolute atomic E-state index is 0.00166. The summed E-state index contributed by atoms with van der Waals surface area (Å²) in [7, 11) is 0. The summed E-state index contributed by atoms with van der Waals surface area (Å²) in [5.74, 6) is 0. The van der Waals surface area contributed by atoms with Gasteiger partial charge >= 0.3 is 5.00 Å². The number of hydrogen-bond donors (Lipinski definition) is 0. The summed E-state index contributed by atoms with van der Waals surface area (Å²) in [5.41, 5.74) is 1.29. The van der Waals surface area contributed by atoms with Crippen molar-refractivity contribution >= 4 is 55.7 Å². The molecule has 0 saturated carbocycles. The average molecular weight is 333 g/mol. The van der Waals surface area contributed by atoms with Gasteiger partial charge in [0, 0.05) is 23.6 Å². The van der Waals surface area contributed by atoms with Crippen molar-refractivity contribution in [2.75, 3.05) is 0 Å². The van der Waals surface area contributed by atoms with Crippen LogP contribution >= 0.6 is 22.7 Å². The van der Waals surface area contributed by atoms with Crippen LogP contribution in [0.4, 0.5) is 10.7 Å². The maximum atomic E-state index is 10.7. The minimum Gasteiger partial charge on any atom is -0.258 e. The number of fused-ring (bicyclic) bond motifs is 1. The summed E-state index contributed by atoms with van der Waals surface area (Å²) in [6, 6.07) is 6.02. The fourth-order valence-corrected chi connectivity index (χ4v) is 3.35. The van der Waals surface area contributed by atoms with Gasteiger partial charge in [-0.05, 0) is 17.7 Å². The van der Waals surface area contributed by atoms with Crippen LogP contribution in [0.15, 0.2) is 29.6 Å². The van der Waals surface area contributed by atoms with Gasteiger partial charge in [0.05, 0.1) is 20.1 Å². The number of hydrogen-bond acceptors (Lipinski definition) is 7. The molecule has 3 aromatic rings. The fourth-order valence-electron chi connectivity index (χ4n) is 1.81. The lowest BCUT2D eigenvalue weighted by molar-refractivity contribution is -0.384. The molecule has 2 heterocycles. The van der Waals surface area contributed by atoms with E-state index in [0.717, 1.165) is 21.6 Å². The molecule has 1 aromatic carbocycles. The predicted molar refractivity (Wildman–Crippen MR) is 86.2 cm³/mol. The summed E-state index contributed by atoms with van der Waals surface area (Å²) < 4.78 is 0.849. The average Bonchev–Trinajstić information content (AvgIpc) is 3.10. The topological polar surface area (TPSA) is 99.2 Å². The van der Waals surface area contributed by atoms with Crippen molar-refractivity contribution in [3.05, 3.63) is 60.4 Å². The highest BCUT2D eigenvalue weighted by atomic mass is 32.1. The molecular formula is C13H7N3O4S2. The Morgan fingerprint density at radius 3 is 2.59 bits per heavy atom. The predicted octanol–water partition coefficient (Wildman–Crippen LogP) is 4.34. The SMILES string of the molecule is O=[N+]([O-])c1ccc2sc(/C=C/c3csc([N+](=O)[O-])c3)nc2c1. The smallest absolute Gasteiger partial charge is 0.258 e. The number of benzene rings is 1. The number of rotatable bonds is 4. The molecule has 0 saturated heterocycles. The van der Waals surface area contributed by atoms with Gasteiger partial charge in [-0.2, -0.15) is 0 Å². The molecule has 0 aliphatic heterocycles. The van der Waals surface area contributed by atoms with Crippen LogP contribution in [0.25, 0.3) is 22.4 Å². The van der Waals surface area contributed by atoms with E-state index in [2.05, 4.69) is 4.98 Å². The van der Waals surface area contributed by atoms with Crippen molar-refractivity contribution in [3.8, 4) is 0 Å². The molecule has 0 unspecified atom stereocenters. The second kappa shape index (κ2) is 5.62. The molecule has 110 valence electrons. The van der Waals surface area contributed by atoms with Gasteiger partial charge in [0.2, 0.25) is 0 Å². The molecule has 0 amide bonds. The molecule has 0 aliphatic carbocycles. The van der Waals surface area contributed by atoms with Gasteiger partial charge in [-0.3, -0.25) is 20.2 Å². The summed E-state index contributed by atoms with van der Waals surface area (Å²) in [4.78, 5) is 24.8. The maximum absolute atomic E-state index is 10.7. The van der Waals surface area contributed by atoms with E-state index in [9.17, 15) is 20.2 Å². The molecule has 0 atom stereocenters. The molecule has 0 bridgehead atoms. The van der Waals surface area contributed by atoms with Gasteiger partial charge in [-0.1, -0.05) is 17.4 Å². The number of non-ortho nitro benzene ring substituents is 1. The normalized spacial score (nSPS) is 11.3. The fraction of sp³-hybridized carbons (Fsp3) is 0. The van der Waals surface area contributed by atoms with Crippen molar-refractivity contribution < 1.29 is 9.85 Å². The van der Waals surface area contributed by atoms with Crippen LogP contribution in [0.2, 0.25) is 0 Å². The zero-order chi connectivity index (χ0) is 15.7. The molecule has 7 nitrogen and oxygen atoms in total. The molecule has 0 radical (unpaired) electrons. The monoisotopic (exact) mass is 333 g/mol. The third-order valence-corrected chi connectivity index (χ3v) is 4.70. The van der Waals surface area contributed by atoms with Crippen LogP contribution in [0.3, 0.4) is 0 Å². The summed E-state index contributed by atoms with van der Waals surface area (Å²) in [5, 5.41) is 23.8. The van der Waals surface area contributed by atoms with Crippen LogP contribution in [0, 0.1) is 20.2 Å². The van der Waals surface area contributed by atoms with E-state index in [4.69, 9.17) is 0 Å². The Kier molecular flexibility index (Phi) is 3.65. The third kappa shape index (κ3) is 2.85. The number of aromatic nitrogens is 1. The van der Waals surface area contributed by atoms with Gasteiger partial charge in [-0.15, -0.1) is 11.3 Å².